The highest BCUT2D eigenvalue weighted by molar-refractivity contribution is 6.07. The van der Waals surface area contributed by atoms with Crippen molar-refractivity contribution in [3.05, 3.63) is 54.0 Å². The van der Waals surface area contributed by atoms with E-state index in [9.17, 15) is 14.0 Å². The predicted molar refractivity (Wildman–Crippen MR) is 104 cm³/mol. The highest BCUT2D eigenvalue weighted by Crippen LogP contribution is 2.25. The monoisotopic (exact) mass is 391 g/mol. The van der Waals surface area contributed by atoms with Gasteiger partial charge in [0.2, 0.25) is 5.91 Å². The van der Waals surface area contributed by atoms with Gasteiger partial charge in [0.05, 0.1) is 18.2 Å². The van der Waals surface area contributed by atoms with Crippen LogP contribution in [0.15, 0.2) is 42.6 Å². The molecule has 2 amide bonds. The Morgan fingerprint density at radius 1 is 1.31 bits per heavy atom. The van der Waals surface area contributed by atoms with Crippen molar-refractivity contribution in [2.45, 2.75) is 18.9 Å². The number of benzene rings is 1. The number of aromatic nitrogens is 2. The molecule has 0 unspecified atom stereocenters. The van der Waals surface area contributed by atoms with Crippen molar-refractivity contribution in [3.63, 3.8) is 0 Å². The Balaban J connectivity index is 1.52. The van der Waals surface area contributed by atoms with E-state index in [1.54, 1.807) is 24.3 Å². The molecule has 4 rings (SSSR count). The second-order valence-corrected chi connectivity index (χ2v) is 6.87. The van der Waals surface area contributed by atoms with Crippen LogP contribution in [0.2, 0.25) is 0 Å². The third-order valence-corrected chi connectivity index (χ3v) is 5.05. The van der Waals surface area contributed by atoms with E-state index in [0.717, 1.165) is 12.0 Å². The van der Waals surface area contributed by atoms with Gasteiger partial charge < -0.3 is 15.2 Å². The summed E-state index contributed by atoms with van der Waals surface area (Å²) in [4.78, 5) is 33.9. The van der Waals surface area contributed by atoms with E-state index in [4.69, 9.17) is 5.26 Å². The number of hydrogen-bond donors (Lipinski definition) is 2. The van der Waals surface area contributed by atoms with Crippen LogP contribution in [0.25, 0.3) is 22.3 Å². The van der Waals surface area contributed by atoms with Crippen molar-refractivity contribution in [3.8, 4) is 17.3 Å². The van der Waals surface area contributed by atoms with Gasteiger partial charge in [-0.25, -0.2) is 9.37 Å². The van der Waals surface area contributed by atoms with Gasteiger partial charge in [-0.1, -0.05) is 0 Å². The fourth-order valence-electron chi connectivity index (χ4n) is 3.56. The Labute approximate surface area is 166 Å². The average Bonchev–Trinajstić information content (AvgIpc) is 3.38. The number of likely N-dealkylation sites (tertiary alicyclic amines) is 1. The van der Waals surface area contributed by atoms with Gasteiger partial charge >= 0.3 is 0 Å². The molecular weight excluding hydrogens is 373 g/mol. The van der Waals surface area contributed by atoms with Crippen LogP contribution >= 0.6 is 0 Å². The van der Waals surface area contributed by atoms with Gasteiger partial charge in [0.25, 0.3) is 5.91 Å². The predicted octanol–water partition coefficient (Wildman–Crippen LogP) is 2.61. The molecule has 3 aromatic rings. The molecule has 3 heterocycles. The number of hydrogen-bond acceptors (Lipinski definition) is 4. The lowest BCUT2D eigenvalue weighted by atomic mass is 10.1. The minimum absolute atomic E-state index is 0.171. The van der Waals surface area contributed by atoms with Gasteiger partial charge in [-0.3, -0.25) is 9.59 Å². The molecule has 0 bridgehead atoms. The highest BCUT2D eigenvalue weighted by atomic mass is 19.1. The molecule has 146 valence electrons. The first-order chi connectivity index (χ1) is 14.1. The number of carbonyl (C=O) groups is 2. The molecule has 0 saturated carbocycles. The molecule has 0 aliphatic carbocycles. The van der Waals surface area contributed by atoms with Gasteiger partial charge in [-0.05, 0) is 54.8 Å². The van der Waals surface area contributed by atoms with Crippen LogP contribution in [-0.4, -0.2) is 45.8 Å². The smallest absolute Gasteiger partial charge is 0.252 e. The number of rotatable bonds is 4. The fourth-order valence-corrected chi connectivity index (χ4v) is 3.56. The van der Waals surface area contributed by atoms with Crippen LogP contribution in [0.5, 0.6) is 0 Å². The lowest BCUT2D eigenvalue weighted by Gasteiger charge is -2.19. The zero-order valence-corrected chi connectivity index (χ0v) is 15.5. The molecule has 0 spiro atoms. The number of amides is 2. The second-order valence-electron chi connectivity index (χ2n) is 6.87. The molecule has 1 aromatic carbocycles. The van der Waals surface area contributed by atoms with E-state index >= 15 is 0 Å². The highest BCUT2D eigenvalue weighted by Gasteiger charge is 2.28. The quantitative estimate of drug-likeness (QED) is 0.714. The molecule has 1 aliphatic heterocycles. The third-order valence-electron chi connectivity index (χ3n) is 5.05. The second kappa shape index (κ2) is 7.72. The van der Waals surface area contributed by atoms with Crippen molar-refractivity contribution in [1.82, 2.24) is 20.2 Å². The van der Waals surface area contributed by atoms with Crippen LogP contribution in [0.3, 0.4) is 0 Å². The molecule has 2 aromatic heterocycles. The van der Waals surface area contributed by atoms with Crippen LogP contribution < -0.4 is 5.32 Å². The number of halogens is 1. The number of nitrogens with zero attached hydrogens (tertiary/aromatic N) is 3. The summed E-state index contributed by atoms with van der Waals surface area (Å²) in [5.41, 5.74) is 2.37. The summed E-state index contributed by atoms with van der Waals surface area (Å²) in [6, 6.07) is 11.1. The normalized spacial score (nSPS) is 16.0. The molecule has 1 atom stereocenters. The summed E-state index contributed by atoms with van der Waals surface area (Å²) >= 11 is 0. The van der Waals surface area contributed by atoms with Crippen molar-refractivity contribution < 1.29 is 14.0 Å². The fraction of sp³-hybridized carbons (Fsp3) is 0.238. The third kappa shape index (κ3) is 3.67. The van der Waals surface area contributed by atoms with E-state index in [0.29, 0.717) is 35.3 Å². The van der Waals surface area contributed by atoms with E-state index in [1.807, 2.05) is 0 Å². The van der Waals surface area contributed by atoms with Gasteiger partial charge in [0.1, 0.15) is 17.5 Å². The molecular formula is C21H18FN5O2. The van der Waals surface area contributed by atoms with Gasteiger partial charge in [-0.15, -0.1) is 0 Å². The number of nitriles is 1. The summed E-state index contributed by atoms with van der Waals surface area (Å²) in [5, 5.41) is 12.4. The van der Waals surface area contributed by atoms with E-state index in [2.05, 4.69) is 21.4 Å². The maximum Gasteiger partial charge on any atom is 0.252 e. The lowest BCUT2D eigenvalue weighted by molar-refractivity contribution is -0.130. The Morgan fingerprint density at radius 2 is 2.10 bits per heavy atom. The first-order valence-electron chi connectivity index (χ1n) is 9.28. The Kier molecular flexibility index (Phi) is 4.96. The van der Waals surface area contributed by atoms with Crippen molar-refractivity contribution in [2.24, 2.45) is 0 Å². The number of nitrogens with one attached hydrogen (secondary N) is 2. The number of aromatic amines is 1. The topological polar surface area (TPSA) is 102 Å². The number of fused-ring (bicyclic) bond motifs is 1. The Hall–Kier alpha value is -3.73. The molecule has 8 heteroatoms. The summed E-state index contributed by atoms with van der Waals surface area (Å²) in [7, 11) is 0. The zero-order chi connectivity index (χ0) is 20.4. The Bertz CT molecular complexity index is 1120. The molecule has 2 N–H and O–H groups in total. The average molecular weight is 391 g/mol. The molecule has 7 nitrogen and oxygen atoms in total. The van der Waals surface area contributed by atoms with Crippen LogP contribution in [0, 0.1) is 17.1 Å². The number of carbonyl (C=O) groups excluding carboxylic acids is 2. The van der Waals surface area contributed by atoms with Gasteiger partial charge in [-0.2, -0.15) is 5.26 Å². The van der Waals surface area contributed by atoms with Crippen LogP contribution in [0.1, 0.15) is 23.2 Å². The van der Waals surface area contributed by atoms with E-state index in [-0.39, 0.29) is 18.3 Å². The molecule has 1 aliphatic rings. The van der Waals surface area contributed by atoms with Gasteiger partial charge in [0, 0.05) is 23.8 Å². The standard InChI is InChI=1S/C21H18FN5O2/c22-14-5-3-13(4-6-14)18-10-17-16(7-8-24-20(17)26-18)21(29)25-12-19(28)27-9-1-2-15(27)11-23/h3-8,10,15H,1-2,9,12H2,(H,24,26)(H,25,29)/t15-/m0/s1. The zero-order valence-electron chi connectivity index (χ0n) is 15.5. The van der Waals surface area contributed by atoms with Crippen LogP contribution in [-0.2, 0) is 4.79 Å². The first-order valence-corrected chi connectivity index (χ1v) is 9.28. The molecule has 1 fully saturated rings. The maximum atomic E-state index is 13.2. The summed E-state index contributed by atoms with van der Waals surface area (Å²) in [6.45, 7) is 0.362. The van der Waals surface area contributed by atoms with E-state index in [1.165, 1.54) is 23.2 Å². The van der Waals surface area contributed by atoms with Crippen LogP contribution in [0.4, 0.5) is 4.39 Å². The maximum absolute atomic E-state index is 13.2. The largest absolute Gasteiger partial charge is 0.343 e. The lowest BCUT2D eigenvalue weighted by Crippen LogP contribution is -2.42. The van der Waals surface area contributed by atoms with Crippen molar-refractivity contribution >= 4 is 22.8 Å². The van der Waals surface area contributed by atoms with E-state index < -0.39 is 11.9 Å². The minimum atomic E-state index is -0.421. The molecule has 0 radical (unpaired) electrons. The summed E-state index contributed by atoms with van der Waals surface area (Å²) < 4.78 is 13.2. The van der Waals surface area contributed by atoms with Crippen molar-refractivity contribution in [2.75, 3.05) is 13.1 Å². The number of H-pyrrole nitrogens is 1. The molecule has 1 saturated heterocycles. The first kappa shape index (κ1) is 18.6. The van der Waals surface area contributed by atoms with Gasteiger partial charge in [0.15, 0.2) is 0 Å². The molecule has 29 heavy (non-hydrogen) atoms. The Morgan fingerprint density at radius 3 is 2.86 bits per heavy atom. The minimum Gasteiger partial charge on any atom is -0.343 e. The summed E-state index contributed by atoms with van der Waals surface area (Å²) in [6.07, 6.45) is 2.96. The number of pyridine rings is 1. The summed E-state index contributed by atoms with van der Waals surface area (Å²) in [5.74, 6) is -0.999. The van der Waals surface area contributed by atoms with Crippen molar-refractivity contribution in [1.29, 1.82) is 5.26 Å². The SMILES string of the molecule is N#C[C@@H]1CCCN1C(=O)CNC(=O)c1ccnc2[nH]c(-c3ccc(F)cc3)cc12.